The van der Waals surface area contributed by atoms with E-state index in [4.69, 9.17) is 21.3 Å². The van der Waals surface area contributed by atoms with E-state index in [-0.39, 0.29) is 18.1 Å². The number of halogens is 1. The molecule has 3 heterocycles. The molecule has 2 fully saturated rings. The fourth-order valence-electron chi connectivity index (χ4n) is 6.30. The van der Waals surface area contributed by atoms with Gasteiger partial charge in [0.1, 0.15) is 11.6 Å². The predicted octanol–water partition coefficient (Wildman–Crippen LogP) is 4.71. The Morgan fingerprint density at radius 3 is 2.35 bits per heavy atom. The van der Waals surface area contributed by atoms with Gasteiger partial charge in [-0.2, -0.15) is 0 Å². The number of carbonyl (C=O) groups excluding carboxylic acids is 1. The largest absolute Gasteiger partial charge is 0.484 e. The Hall–Kier alpha value is -3.92. The summed E-state index contributed by atoms with van der Waals surface area (Å²) >= 11 is 5.95. The highest BCUT2D eigenvalue weighted by atomic mass is 35.5. The maximum Gasteiger partial charge on any atom is 0.266 e. The third-order valence-electron chi connectivity index (χ3n) is 8.92. The van der Waals surface area contributed by atoms with E-state index in [1.54, 1.807) is 24.3 Å². The molecule has 0 spiro atoms. The summed E-state index contributed by atoms with van der Waals surface area (Å²) in [5, 5.41) is 1.26. The fourth-order valence-corrected chi connectivity index (χ4v) is 6.43. The molecule has 0 radical (unpaired) electrons. The van der Waals surface area contributed by atoms with E-state index in [0.717, 1.165) is 49.5 Å². The van der Waals surface area contributed by atoms with E-state index in [1.807, 2.05) is 39.8 Å². The van der Waals surface area contributed by atoms with Crippen LogP contribution in [0, 0.1) is 5.92 Å². The third-order valence-corrected chi connectivity index (χ3v) is 9.17. The first kappa shape index (κ1) is 32.0. The predicted molar refractivity (Wildman–Crippen MR) is 184 cm³/mol. The molecule has 0 saturated carbocycles. The van der Waals surface area contributed by atoms with Crippen molar-refractivity contribution in [2.45, 2.75) is 26.8 Å². The lowest BCUT2D eigenvalue weighted by Crippen LogP contribution is -2.50. The van der Waals surface area contributed by atoms with Gasteiger partial charge in [-0.15, -0.1) is 0 Å². The number of amides is 1. The number of likely N-dealkylation sites (N-methyl/N-ethyl adjacent to an activating group) is 1. The molecule has 4 aromatic rings. The van der Waals surface area contributed by atoms with Gasteiger partial charge in [-0.1, -0.05) is 43.6 Å². The van der Waals surface area contributed by atoms with Crippen molar-refractivity contribution in [1.82, 2.24) is 24.3 Å². The Labute approximate surface area is 275 Å². The normalized spacial score (nSPS) is 16.4. The lowest BCUT2D eigenvalue weighted by atomic mass is 10.0. The summed E-state index contributed by atoms with van der Waals surface area (Å²) in [5.74, 6) is 1.72. The van der Waals surface area contributed by atoms with Crippen LogP contribution in [0.5, 0.6) is 5.75 Å². The standard InChI is InChI=1S/C36H43ClN6O3/c1-26(2)22-27-6-4-5-7-33(27)43-34(38-32-13-10-29(23-31(32)36(43)45)41-18-14-39(3)15-19-41)24-40-16-20-42(21-17-40)35(44)25-46-30-11-8-28(37)9-12-30/h4-13,23,26H,14-22,24-25H2,1-3H3. The molecule has 0 N–H and O–H groups in total. The summed E-state index contributed by atoms with van der Waals surface area (Å²) < 4.78 is 7.53. The Kier molecular flexibility index (Phi) is 9.92. The molecular weight excluding hydrogens is 600 g/mol. The molecule has 1 aromatic heterocycles. The number of piperazine rings is 2. The van der Waals surface area contributed by atoms with Gasteiger partial charge in [0.25, 0.3) is 11.5 Å². The van der Waals surface area contributed by atoms with Gasteiger partial charge in [-0.25, -0.2) is 4.98 Å². The zero-order chi connectivity index (χ0) is 32.2. The van der Waals surface area contributed by atoms with Gasteiger partial charge in [-0.3, -0.25) is 19.1 Å². The SMILES string of the molecule is CC(C)Cc1ccccc1-n1c(CN2CCN(C(=O)COc3ccc(Cl)cc3)CC2)nc2ccc(N3CCN(C)CC3)cc2c1=O. The Bertz CT molecular complexity index is 1720. The Morgan fingerprint density at radius 2 is 1.63 bits per heavy atom. The first-order chi connectivity index (χ1) is 22.2. The zero-order valence-electron chi connectivity index (χ0n) is 27.0. The van der Waals surface area contributed by atoms with Crippen LogP contribution < -0.4 is 15.2 Å². The highest BCUT2D eigenvalue weighted by molar-refractivity contribution is 6.30. The summed E-state index contributed by atoms with van der Waals surface area (Å²) in [6, 6.07) is 21.3. The van der Waals surface area contributed by atoms with Crippen molar-refractivity contribution < 1.29 is 9.53 Å². The molecule has 2 aliphatic heterocycles. The van der Waals surface area contributed by atoms with Gasteiger partial charge in [0.2, 0.25) is 0 Å². The molecule has 0 atom stereocenters. The van der Waals surface area contributed by atoms with E-state index in [0.29, 0.717) is 66.1 Å². The van der Waals surface area contributed by atoms with Gasteiger partial charge in [0.15, 0.2) is 6.61 Å². The van der Waals surface area contributed by atoms with Crippen LogP contribution in [0.25, 0.3) is 16.6 Å². The minimum absolute atomic E-state index is 0.0177. The van der Waals surface area contributed by atoms with Crippen LogP contribution in [0.15, 0.2) is 71.5 Å². The van der Waals surface area contributed by atoms with Crippen LogP contribution in [-0.4, -0.2) is 96.2 Å². The summed E-state index contributed by atoms with van der Waals surface area (Å²) in [5.41, 5.74) is 3.76. The number of benzene rings is 3. The molecule has 3 aromatic carbocycles. The van der Waals surface area contributed by atoms with Crippen molar-refractivity contribution in [3.8, 4) is 11.4 Å². The number of aromatic nitrogens is 2. The number of carbonyl (C=O) groups is 1. The van der Waals surface area contributed by atoms with Crippen molar-refractivity contribution >= 4 is 34.1 Å². The number of fused-ring (bicyclic) bond motifs is 1. The van der Waals surface area contributed by atoms with Crippen molar-refractivity contribution in [3.63, 3.8) is 0 Å². The van der Waals surface area contributed by atoms with Crippen molar-refractivity contribution in [2.24, 2.45) is 5.92 Å². The minimum Gasteiger partial charge on any atom is -0.484 e. The maximum absolute atomic E-state index is 14.5. The number of anilines is 1. The van der Waals surface area contributed by atoms with E-state index in [1.165, 1.54) is 0 Å². The second-order valence-electron chi connectivity index (χ2n) is 12.8. The number of hydrogen-bond acceptors (Lipinski definition) is 7. The quantitative estimate of drug-likeness (QED) is 0.262. The van der Waals surface area contributed by atoms with Crippen LogP contribution in [-0.2, 0) is 17.8 Å². The number of ether oxygens (including phenoxy) is 1. The van der Waals surface area contributed by atoms with Crippen LogP contribution >= 0.6 is 11.6 Å². The van der Waals surface area contributed by atoms with Gasteiger partial charge in [-0.05, 0) is 73.5 Å². The van der Waals surface area contributed by atoms with Crippen molar-refractivity contribution in [3.05, 3.63) is 93.5 Å². The number of hydrogen-bond donors (Lipinski definition) is 0. The van der Waals surface area contributed by atoms with E-state index in [2.05, 4.69) is 47.7 Å². The second kappa shape index (κ2) is 14.2. The van der Waals surface area contributed by atoms with Crippen LogP contribution in [0.4, 0.5) is 5.69 Å². The van der Waals surface area contributed by atoms with Gasteiger partial charge >= 0.3 is 0 Å². The Balaban J connectivity index is 1.25. The molecule has 1 amide bonds. The van der Waals surface area contributed by atoms with E-state index in [9.17, 15) is 9.59 Å². The van der Waals surface area contributed by atoms with Crippen molar-refractivity contribution in [2.75, 3.05) is 70.9 Å². The molecule has 2 aliphatic rings. The molecular formula is C36H43ClN6O3. The van der Waals surface area contributed by atoms with Crippen LogP contribution in [0.1, 0.15) is 25.2 Å². The summed E-state index contributed by atoms with van der Waals surface area (Å²) in [6.45, 7) is 11.3. The monoisotopic (exact) mass is 642 g/mol. The zero-order valence-corrected chi connectivity index (χ0v) is 27.7. The third kappa shape index (κ3) is 7.38. The van der Waals surface area contributed by atoms with Crippen molar-refractivity contribution in [1.29, 1.82) is 0 Å². The average Bonchev–Trinajstić information content (AvgIpc) is 3.05. The number of para-hydroxylation sites is 1. The molecule has 9 nitrogen and oxygen atoms in total. The molecule has 46 heavy (non-hydrogen) atoms. The molecule has 242 valence electrons. The molecule has 2 saturated heterocycles. The lowest BCUT2D eigenvalue weighted by Gasteiger charge is -2.35. The lowest BCUT2D eigenvalue weighted by molar-refractivity contribution is -0.135. The average molecular weight is 643 g/mol. The minimum atomic E-state index is -0.0471. The number of rotatable bonds is 9. The molecule has 0 unspecified atom stereocenters. The molecule has 10 heteroatoms. The Morgan fingerprint density at radius 1 is 0.913 bits per heavy atom. The van der Waals surface area contributed by atoms with Gasteiger partial charge in [0, 0.05) is 63.1 Å². The first-order valence-corrected chi connectivity index (χ1v) is 16.6. The first-order valence-electron chi connectivity index (χ1n) is 16.2. The summed E-state index contributed by atoms with van der Waals surface area (Å²) in [6.07, 6.45) is 0.861. The molecule has 0 bridgehead atoms. The summed E-state index contributed by atoms with van der Waals surface area (Å²) in [7, 11) is 2.14. The van der Waals surface area contributed by atoms with Crippen LogP contribution in [0.3, 0.4) is 0 Å². The summed E-state index contributed by atoms with van der Waals surface area (Å²) in [4.78, 5) is 41.3. The maximum atomic E-state index is 14.5. The van der Waals surface area contributed by atoms with Gasteiger partial charge in [0.05, 0.1) is 23.1 Å². The van der Waals surface area contributed by atoms with Crippen LogP contribution in [0.2, 0.25) is 5.02 Å². The molecule has 0 aliphatic carbocycles. The second-order valence-corrected chi connectivity index (χ2v) is 13.2. The van der Waals surface area contributed by atoms with E-state index >= 15 is 0 Å². The topological polar surface area (TPSA) is 74.2 Å². The smallest absolute Gasteiger partial charge is 0.266 e. The van der Waals surface area contributed by atoms with E-state index < -0.39 is 0 Å². The van der Waals surface area contributed by atoms with Gasteiger partial charge < -0.3 is 19.4 Å². The number of nitrogens with zero attached hydrogens (tertiary/aromatic N) is 6. The highest BCUT2D eigenvalue weighted by Gasteiger charge is 2.25. The molecule has 6 rings (SSSR count). The highest BCUT2D eigenvalue weighted by Crippen LogP contribution is 2.24. The fraction of sp³-hybridized carbons (Fsp3) is 0.417.